The first-order valence-corrected chi connectivity index (χ1v) is 10.3. The summed E-state index contributed by atoms with van der Waals surface area (Å²) in [7, 11) is 1.68. The van der Waals surface area contributed by atoms with E-state index in [0.717, 1.165) is 58.8 Å². The van der Waals surface area contributed by atoms with Crippen molar-refractivity contribution in [2.45, 2.75) is 19.3 Å². The predicted octanol–water partition coefficient (Wildman–Crippen LogP) is 6.37. The molecule has 1 N–H and O–H groups in total. The van der Waals surface area contributed by atoms with Crippen LogP contribution in [0, 0.1) is 0 Å². The Balaban J connectivity index is 1.98. The minimum absolute atomic E-state index is 0.489. The second kappa shape index (κ2) is 7.74. The molecule has 4 rings (SSSR count). The highest BCUT2D eigenvalue weighted by Crippen LogP contribution is 2.40. The minimum Gasteiger partial charge on any atom is -0.496 e. The van der Waals surface area contributed by atoms with Crippen molar-refractivity contribution < 1.29 is 4.74 Å². The Kier molecular flexibility index (Phi) is 5.35. The zero-order chi connectivity index (χ0) is 19.0. The number of hydrogen-bond donors (Lipinski definition) is 1. The molecule has 0 unspecified atom stereocenters. The van der Waals surface area contributed by atoms with Crippen LogP contribution in [0.25, 0.3) is 16.9 Å². The molecule has 0 spiro atoms. The maximum absolute atomic E-state index is 6.50. The molecule has 1 aliphatic heterocycles. The van der Waals surface area contributed by atoms with E-state index >= 15 is 0 Å². The average Bonchev–Trinajstić information content (AvgIpc) is 2.85. The molecule has 3 aromatic rings. The Labute approximate surface area is 176 Å². The third kappa shape index (κ3) is 3.44. The fourth-order valence-electron chi connectivity index (χ4n) is 3.41. The number of rotatable bonds is 3. The monoisotopic (exact) mass is 465 g/mol. The summed E-state index contributed by atoms with van der Waals surface area (Å²) in [4.78, 5) is 0. The molecule has 0 radical (unpaired) electrons. The van der Waals surface area contributed by atoms with Gasteiger partial charge in [-0.2, -0.15) is 5.10 Å². The van der Waals surface area contributed by atoms with E-state index in [1.54, 1.807) is 13.2 Å². The van der Waals surface area contributed by atoms with Gasteiger partial charge in [-0.05, 0) is 49.6 Å². The van der Waals surface area contributed by atoms with Crippen LogP contribution >= 0.6 is 39.1 Å². The van der Waals surface area contributed by atoms with Gasteiger partial charge in [0.1, 0.15) is 17.3 Å². The van der Waals surface area contributed by atoms with Crippen LogP contribution in [0.5, 0.6) is 5.75 Å². The van der Waals surface area contributed by atoms with Crippen LogP contribution < -0.4 is 10.1 Å². The van der Waals surface area contributed by atoms with Gasteiger partial charge in [-0.15, -0.1) is 0 Å². The summed E-state index contributed by atoms with van der Waals surface area (Å²) in [5, 5.41) is 9.46. The van der Waals surface area contributed by atoms with E-state index in [2.05, 4.69) is 21.2 Å². The van der Waals surface area contributed by atoms with Gasteiger partial charge in [-0.25, -0.2) is 4.68 Å². The fourth-order valence-corrected chi connectivity index (χ4v) is 4.15. The van der Waals surface area contributed by atoms with Crippen LogP contribution in [-0.2, 0) is 6.42 Å². The lowest BCUT2D eigenvalue weighted by Gasteiger charge is -2.11. The van der Waals surface area contributed by atoms with Gasteiger partial charge in [-0.3, -0.25) is 0 Å². The Morgan fingerprint density at radius 3 is 2.85 bits per heavy atom. The molecule has 1 aliphatic rings. The number of ether oxygens (including phenoxy) is 1. The van der Waals surface area contributed by atoms with Crippen molar-refractivity contribution in [1.29, 1.82) is 0 Å². The van der Waals surface area contributed by atoms with Crippen molar-refractivity contribution in [2.24, 2.45) is 0 Å². The summed E-state index contributed by atoms with van der Waals surface area (Å²) in [6, 6.07) is 11.5. The van der Waals surface area contributed by atoms with Crippen LogP contribution in [-0.4, -0.2) is 23.4 Å². The molecule has 0 saturated heterocycles. The number of fused-ring (bicyclic) bond motifs is 1. The minimum atomic E-state index is 0.489. The maximum atomic E-state index is 6.50. The van der Waals surface area contributed by atoms with Crippen molar-refractivity contribution in [1.82, 2.24) is 9.78 Å². The van der Waals surface area contributed by atoms with Crippen LogP contribution in [0.3, 0.4) is 0 Å². The van der Waals surface area contributed by atoms with Crippen molar-refractivity contribution >= 4 is 44.9 Å². The molecular weight excluding hydrogens is 449 g/mol. The molecule has 0 amide bonds. The molecule has 4 nitrogen and oxygen atoms in total. The first-order chi connectivity index (χ1) is 13.1. The van der Waals surface area contributed by atoms with Crippen molar-refractivity contribution in [2.75, 3.05) is 19.0 Å². The molecule has 0 fully saturated rings. The molecular formula is C20H18BrCl2N3O. The van der Waals surface area contributed by atoms with Gasteiger partial charge >= 0.3 is 0 Å². The largest absolute Gasteiger partial charge is 0.496 e. The SMILES string of the molecule is COc1ccc(Br)cc1-c1nn(-c2cccc(Cl)c2Cl)c2c1CCCCN2. The smallest absolute Gasteiger partial charge is 0.133 e. The quantitative estimate of drug-likeness (QED) is 0.487. The molecule has 27 heavy (non-hydrogen) atoms. The van der Waals surface area contributed by atoms with E-state index in [4.69, 9.17) is 33.0 Å². The highest BCUT2D eigenvalue weighted by atomic mass is 79.9. The predicted molar refractivity (Wildman–Crippen MR) is 115 cm³/mol. The molecule has 0 aliphatic carbocycles. The zero-order valence-corrected chi connectivity index (χ0v) is 17.8. The standard InChI is InChI=1S/C20H18BrCl2N3O/c1-27-17-9-8-12(21)11-14(17)19-13-5-2-3-10-24-20(13)26(25-19)16-7-4-6-15(22)18(16)23/h4,6-9,11,24H,2-3,5,10H2,1H3. The third-order valence-corrected chi connectivity index (χ3v) is 6.01. The van der Waals surface area contributed by atoms with E-state index in [-0.39, 0.29) is 0 Å². The molecule has 0 atom stereocenters. The average molecular weight is 467 g/mol. The molecule has 7 heteroatoms. The first kappa shape index (κ1) is 18.7. The summed E-state index contributed by atoms with van der Waals surface area (Å²) in [6.45, 7) is 0.895. The van der Waals surface area contributed by atoms with Crippen LogP contribution in [0.2, 0.25) is 10.0 Å². The van der Waals surface area contributed by atoms with Gasteiger partial charge in [0.25, 0.3) is 0 Å². The van der Waals surface area contributed by atoms with Gasteiger partial charge in [-0.1, -0.05) is 45.2 Å². The molecule has 140 valence electrons. The van der Waals surface area contributed by atoms with Gasteiger partial charge in [0, 0.05) is 22.1 Å². The van der Waals surface area contributed by atoms with Crippen LogP contribution in [0.1, 0.15) is 18.4 Å². The van der Waals surface area contributed by atoms with E-state index < -0.39 is 0 Å². The van der Waals surface area contributed by atoms with Gasteiger partial charge in [0.05, 0.1) is 22.8 Å². The van der Waals surface area contributed by atoms with E-state index in [0.29, 0.717) is 10.0 Å². The molecule has 2 aromatic carbocycles. The van der Waals surface area contributed by atoms with Gasteiger partial charge < -0.3 is 10.1 Å². The number of anilines is 1. The second-order valence-electron chi connectivity index (χ2n) is 6.39. The first-order valence-electron chi connectivity index (χ1n) is 8.74. The Morgan fingerprint density at radius 1 is 1.19 bits per heavy atom. The van der Waals surface area contributed by atoms with Gasteiger partial charge in [0.2, 0.25) is 0 Å². The molecule has 2 heterocycles. The van der Waals surface area contributed by atoms with Crippen LogP contribution in [0.15, 0.2) is 40.9 Å². The number of methoxy groups -OCH3 is 1. The number of nitrogens with one attached hydrogen (secondary N) is 1. The number of aromatic nitrogens is 2. The highest BCUT2D eigenvalue weighted by molar-refractivity contribution is 9.10. The summed E-state index contributed by atoms with van der Waals surface area (Å²) < 4.78 is 8.44. The molecule has 0 bridgehead atoms. The lowest BCUT2D eigenvalue weighted by Crippen LogP contribution is -2.07. The number of hydrogen-bond acceptors (Lipinski definition) is 3. The van der Waals surface area contributed by atoms with Gasteiger partial charge in [0.15, 0.2) is 0 Å². The summed E-state index contributed by atoms with van der Waals surface area (Å²) in [5.41, 5.74) is 3.77. The fraction of sp³-hybridized carbons (Fsp3) is 0.250. The van der Waals surface area contributed by atoms with Crippen molar-refractivity contribution in [3.05, 3.63) is 56.5 Å². The number of halogens is 3. The van der Waals surface area contributed by atoms with E-state index in [1.807, 2.05) is 35.0 Å². The van der Waals surface area contributed by atoms with Crippen LogP contribution in [0.4, 0.5) is 5.82 Å². The number of nitrogens with zero attached hydrogens (tertiary/aromatic N) is 2. The summed E-state index contributed by atoms with van der Waals surface area (Å²) in [5.74, 6) is 1.75. The highest BCUT2D eigenvalue weighted by Gasteiger charge is 2.25. The lowest BCUT2D eigenvalue weighted by molar-refractivity contribution is 0.416. The maximum Gasteiger partial charge on any atom is 0.133 e. The van der Waals surface area contributed by atoms with Crippen molar-refractivity contribution in [3.8, 4) is 22.7 Å². The normalized spacial score (nSPS) is 13.6. The Hall–Kier alpha value is -1.69. The lowest BCUT2D eigenvalue weighted by atomic mass is 10.0. The second-order valence-corrected chi connectivity index (χ2v) is 8.09. The third-order valence-electron chi connectivity index (χ3n) is 4.71. The Bertz CT molecular complexity index is 1000. The topological polar surface area (TPSA) is 39.1 Å². The molecule has 0 saturated carbocycles. The van der Waals surface area contributed by atoms with E-state index in [9.17, 15) is 0 Å². The summed E-state index contributed by atoms with van der Waals surface area (Å²) in [6.07, 6.45) is 3.14. The number of benzene rings is 2. The van der Waals surface area contributed by atoms with Crippen molar-refractivity contribution in [3.63, 3.8) is 0 Å². The molecule has 1 aromatic heterocycles. The van der Waals surface area contributed by atoms with E-state index in [1.165, 1.54) is 5.56 Å². The summed E-state index contributed by atoms with van der Waals surface area (Å²) >= 11 is 16.3. The Morgan fingerprint density at radius 2 is 2.04 bits per heavy atom. The zero-order valence-electron chi connectivity index (χ0n) is 14.7.